The molecule has 6 heteroatoms. The number of aromatic nitrogens is 1. The highest BCUT2D eigenvalue weighted by atomic mass is 16.6. The minimum absolute atomic E-state index is 0.0801. The highest BCUT2D eigenvalue weighted by Crippen LogP contribution is 2.31. The molecule has 0 N–H and O–H groups in total. The zero-order valence-electron chi connectivity index (χ0n) is 14.1. The predicted octanol–water partition coefficient (Wildman–Crippen LogP) is 4.02. The third-order valence-electron chi connectivity index (χ3n) is 4.46. The summed E-state index contributed by atoms with van der Waals surface area (Å²) in [6.45, 7) is 0.812. The van der Waals surface area contributed by atoms with Gasteiger partial charge in [-0.25, -0.2) is 0 Å². The largest absolute Gasteiger partial charge is 0.464 e. The molecule has 1 aromatic carbocycles. The number of hydrogen-bond acceptors (Lipinski definition) is 5. The normalized spacial score (nSPS) is 17.8. The van der Waals surface area contributed by atoms with Crippen molar-refractivity contribution in [2.24, 2.45) is 4.99 Å². The third kappa shape index (κ3) is 3.26. The maximum absolute atomic E-state index is 11.0. The van der Waals surface area contributed by atoms with Gasteiger partial charge in [0.25, 0.3) is 5.69 Å². The van der Waals surface area contributed by atoms with Crippen LogP contribution in [0.3, 0.4) is 0 Å². The Morgan fingerprint density at radius 3 is 3.00 bits per heavy atom. The molecular formula is C20H17N3O3. The number of nitro groups is 1. The molecule has 0 atom stereocenters. The molecule has 0 amide bonds. The van der Waals surface area contributed by atoms with Gasteiger partial charge in [-0.05, 0) is 42.2 Å². The predicted molar refractivity (Wildman–Crippen MR) is 98.5 cm³/mol. The number of pyridine rings is 1. The van der Waals surface area contributed by atoms with Crippen molar-refractivity contribution in [3.63, 3.8) is 0 Å². The van der Waals surface area contributed by atoms with E-state index in [4.69, 9.17) is 4.74 Å². The van der Waals surface area contributed by atoms with Crippen LogP contribution in [0.25, 0.3) is 0 Å². The van der Waals surface area contributed by atoms with Gasteiger partial charge in [0.2, 0.25) is 0 Å². The summed E-state index contributed by atoms with van der Waals surface area (Å²) in [6, 6.07) is 8.61. The zero-order chi connectivity index (χ0) is 17.9. The van der Waals surface area contributed by atoms with Gasteiger partial charge in [0.05, 0.1) is 16.9 Å². The minimum Gasteiger partial charge on any atom is -0.464 e. The van der Waals surface area contributed by atoms with Crippen LogP contribution in [0.4, 0.5) is 5.69 Å². The van der Waals surface area contributed by atoms with Crippen molar-refractivity contribution in [2.75, 3.05) is 6.54 Å². The Morgan fingerprint density at radius 2 is 2.19 bits per heavy atom. The fourth-order valence-electron chi connectivity index (χ4n) is 3.24. The first kappa shape index (κ1) is 16.2. The quantitative estimate of drug-likeness (QED) is 0.620. The van der Waals surface area contributed by atoms with E-state index in [-0.39, 0.29) is 10.6 Å². The third-order valence-corrected chi connectivity index (χ3v) is 4.46. The number of rotatable bonds is 3. The molecule has 2 aromatic rings. The van der Waals surface area contributed by atoms with Gasteiger partial charge in [-0.1, -0.05) is 6.08 Å². The van der Waals surface area contributed by atoms with Gasteiger partial charge >= 0.3 is 0 Å². The lowest BCUT2D eigenvalue weighted by atomic mass is 9.93. The number of fused-ring (bicyclic) bond motifs is 1. The van der Waals surface area contributed by atoms with E-state index in [0.717, 1.165) is 47.4 Å². The molecule has 2 aliphatic rings. The lowest BCUT2D eigenvalue weighted by Crippen LogP contribution is -2.13. The highest BCUT2D eigenvalue weighted by molar-refractivity contribution is 6.13. The van der Waals surface area contributed by atoms with Gasteiger partial charge in [-0.15, -0.1) is 0 Å². The SMILES string of the molecule is O=[N+]([O-])c1ccc2c(c1)CC(C=C1CCCN=C1c1cccnc1)=CO2. The molecule has 26 heavy (non-hydrogen) atoms. The molecule has 0 saturated heterocycles. The molecule has 4 rings (SSSR count). The topological polar surface area (TPSA) is 77.6 Å². The van der Waals surface area contributed by atoms with E-state index in [1.54, 1.807) is 24.6 Å². The van der Waals surface area contributed by atoms with Crippen LogP contribution >= 0.6 is 0 Å². The van der Waals surface area contributed by atoms with Crippen molar-refractivity contribution in [1.82, 2.24) is 4.98 Å². The van der Waals surface area contributed by atoms with E-state index >= 15 is 0 Å². The van der Waals surface area contributed by atoms with Crippen LogP contribution in [0.2, 0.25) is 0 Å². The molecule has 0 unspecified atom stereocenters. The van der Waals surface area contributed by atoms with Gasteiger partial charge in [0, 0.05) is 48.6 Å². The molecular weight excluding hydrogens is 330 g/mol. The summed E-state index contributed by atoms with van der Waals surface area (Å²) in [5.74, 6) is 0.669. The molecule has 0 radical (unpaired) electrons. The maximum atomic E-state index is 11.0. The molecule has 0 spiro atoms. The molecule has 3 heterocycles. The zero-order valence-corrected chi connectivity index (χ0v) is 14.1. The number of nitro benzene ring substituents is 1. The fraction of sp³-hybridized carbons (Fsp3) is 0.200. The highest BCUT2D eigenvalue weighted by Gasteiger charge is 2.19. The Morgan fingerprint density at radius 1 is 1.27 bits per heavy atom. The summed E-state index contributed by atoms with van der Waals surface area (Å²) in [5.41, 5.74) is 5.00. The van der Waals surface area contributed by atoms with Crippen LogP contribution < -0.4 is 4.74 Å². The molecule has 1 aromatic heterocycles. The van der Waals surface area contributed by atoms with Gasteiger partial charge in [-0.2, -0.15) is 0 Å². The Kier molecular flexibility index (Phi) is 4.31. The number of nitrogens with zero attached hydrogens (tertiary/aromatic N) is 3. The van der Waals surface area contributed by atoms with Gasteiger partial charge in [0.1, 0.15) is 5.75 Å². The average Bonchev–Trinajstić information content (AvgIpc) is 2.68. The van der Waals surface area contributed by atoms with Gasteiger partial charge in [-0.3, -0.25) is 20.1 Å². The Hall–Kier alpha value is -3.28. The molecule has 2 aliphatic heterocycles. The Labute approximate surface area is 150 Å². The number of allylic oxidation sites excluding steroid dienone is 3. The molecule has 0 bridgehead atoms. The summed E-state index contributed by atoms with van der Waals surface area (Å²) < 4.78 is 5.67. The van der Waals surface area contributed by atoms with Crippen molar-refractivity contribution in [2.45, 2.75) is 19.3 Å². The van der Waals surface area contributed by atoms with E-state index in [1.165, 1.54) is 6.07 Å². The average molecular weight is 347 g/mol. The standard InChI is InChI=1S/C20H17N3O3/c24-23(25)18-5-6-19-17(11-18)10-14(13-26-19)9-15-3-2-8-22-20(15)16-4-1-7-21-12-16/h1,4-7,9,11-13H,2-3,8,10H2. The van der Waals surface area contributed by atoms with Crippen LogP contribution in [0.1, 0.15) is 24.0 Å². The van der Waals surface area contributed by atoms with E-state index in [9.17, 15) is 10.1 Å². The number of non-ortho nitro benzene ring substituents is 1. The van der Waals surface area contributed by atoms with Crippen LogP contribution in [-0.2, 0) is 6.42 Å². The van der Waals surface area contributed by atoms with Crippen LogP contribution in [0, 0.1) is 10.1 Å². The molecule has 130 valence electrons. The smallest absolute Gasteiger partial charge is 0.269 e. The number of benzene rings is 1. The first-order valence-electron chi connectivity index (χ1n) is 8.49. The number of ether oxygens (including phenoxy) is 1. The summed E-state index contributed by atoms with van der Waals surface area (Å²) in [5, 5.41) is 11.0. The Bertz CT molecular complexity index is 946. The molecule has 0 fully saturated rings. The van der Waals surface area contributed by atoms with E-state index in [1.807, 2.05) is 18.3 Å². The number of aliphatic imine (C=N–C) groups is 1. The van der Waals surface area contributed by atoms with Crippen molar-refractivity contribution >= 4 is 11.4 Å². The molecule has 6 nitrogen and oxygen atoms in total. The van der Waals surface area contributed by atoms with Crippen LogP contribution in [-0.4, -0.2) is 22.2 Å². The lowest BCUT2D eigenvalue weighted by molar-refractivity contribution is -0.384. The second-order valence-electron chi connectivity index (χ2n) is 6.28. The lowest BCUT2D eigenvalue weighted by Gasteiger charge is -2.19. The number of hydrogen-bond donors (Lipinski definition) is 0. The van der Waals surface area contributed by atoms with Gasteiger partial charge < -0.3 is 4.74 Å². The molecule has 0 aliphatic carbocycles. The fourth-order valence-corrected chi connectivity index (χ4v) is 3.24. The second kappa shape index (κ2) is 6.92. The monoisotopic (exact) mass is 347 g/mol. The van der Waals surface area contributed by atoms with E-state index in [0.29, 0.717) is 12.2 Å². The molecule has 0 saturated carbocycles. The van der Waals surface area contributed by atoms with Crippen molar-refractivity contribution in [1.29, 1.82) is 0 Å². The summed E-state index contributed by atoms with van der Waals surface area (Å²) >= 11 is 0. The van der Waals surface area contributed by atoms with Gasteiger partial charge in [0.15, 0.2) is 0 Å². The summed E-state index contributed by atoms with van der Waals surface area (Å²) in [6.07, 6.45) is 9.92. The van der Waals surface area contributed by atoms with Crippen molar-refractivity contribution in [3.05, 3.63) is 87.5 Å². The van der Waals surface area contributed by atoms with E-state index in [2.05, 4.69) is 16.1 Å². The minimum atomic E-state index is -0.384. The second-order valence-corrected chi connectivity index (χ2v) is 6.28. The van der Waals surface area contributed by atoms with Crippen LogP contribution in [0.5, 0.6) is 5.75 Å². The first-order valence-corrected chi connectivity index (χ1v) is 8.49. The van der Waals surface area contributed by atoms with Crippen LogP contribution in [0.15, 0.2) is 71.2 Å². The summed E-state index contributed by atoms with van der Waals surface area (Å²) in [4.78, 5) is 19.5. The van der Waals surface area contributed by atoms with Crippen molar-refractivity contribution < 1.29 is 9.66 Å². The Balaban J connectivity index is 1.63. The summed E-state index contributed by atoms with van der Waals surface area (Å²) in [7, 11) is 0. The van der Waals surface area contributed by atoms with E-state index < -0.39 is 0 Å². The maximum Gasteiger partial charge on any atom is 0.269 e. The van der Waals surface area contributed by atoms with Crippen molar-refractivity contribution in [3.8, 4) is 5.75 Å². The first-order chi connectivity index (χ1) is 12.7.